The first kappa shape index (κ1) is 22.0. The summed E-state index contributed by atoms with van der Waals surface area (Å²) in [7, 11) is 0. The van der Waals surface area contributed by atoms with Gasteiger partial charge < -0.3 is 14.6 Å². The van der Waals surface area contributed by atoms with Crippen molar-refractivity contribution in [2.24, 2.45) is 5.92 Å². The molecular weight excluding hydrogens is 428 g/mol. The average Bonchev–Trinajstić information content (AvgIpc) is 3.27. The van der Waals surface area contributed by atoms with Crippen LogP contribution in [0.25, 0.3) is 11.4 Å². The predicted octanol–water partition coefficient (Wildman–Crippen LogP) is 4.81. The number of piperidine rings is 1. The van der Waals surface area contributed by atoms with Gasteiger partial charge in [-0.25, -0.2) is 0 Å². The van der Waals surface area contributed by atoms with Crippen molar-refractivity contribution in [3.8, 4) is 17.1 Å². The molecule has 3 aromatic rings. The fourth-order valence-corrected chi connectivity index (χ4v) is 3.89. The van der Waals surface area contributed by atoms with Crippen molar-refractivity contribution in [1.29, 1.82) is 0 Å². The monoisotopic (exact) mass is 452 g/mol. The van der Waals surface area contributed by atoms with Gasteiger partial charge in [0.2, 0.25) is 17.6 Å². The summed E-state index contributed by atoms with van der Waals surface area (Å²) in [4.78, 5) is 19.5. The minimum Gasteiger partial charge on any atom is -0.490 e. The molecule has 0 saturated carbocycles. The standard InChI is InChI=1S/C24H25ClN4O3/c1-2-13-31-21-10-8-20(9-11-21)26-24(30)18-6-4-12-29(15-18)16-22-27-23(28-32-22)17-5-3-7-19(25)14-17/h2-3,5,7-11,14,18H,1,4,6,12-13,15-16H2,(H,26,30). The number of ether oxygens (including phenoxy) is 1. The Bertz CT molecular complexity index is 1070. The number of amides is 1. The molecule has 2 aromatic carbocycles. The maximum absolute atomic E-state index is 12.8. The van der Waals surface area contributed by atoms with Crippen molar-refractivity contribution < 1.29 is 14.1 Å². The number of rotatable bonds is 8. The van der Waals surface area contributed by atoms with Gasteiger partial charge in [0.15, 0.2) is 0 Å². The molecule has 1 unspecified atom stereocenters. The lowest BCUT2D eigenvalue weighted by Crippen LogP contribution is -2.40. The van der Waals surface area contributed by atoms with Crippen molar-refractivity contribution in [3.05, 3.63) is 72.1 Å². The summed E-state index contributed by atoms with van der Waals surface area (Å²) in [6.07, 6.45) is 3.47. The number of likely N-dealkylation sites (tertiary alicyclic amines) is 1. The number of carbonyl (C=O) groups is 1. The molecule has 0 aliphatic carbocycles. The molecule has 0 bridgehead atoms. The number of anilines is 1. The predicted molar refractivity (Wildman–Crippen MR) is 124 cm³/mol. The van der Waals surface area contributed by atoms with E-state index in [1.165, 1.54) is 0 Å². The molecule has 4 rings (SSSR count). The van der Waals surface area contributed by atoms with Gasteiger partial charge in [-0.15, -0.1) is 0 Å². The summed E-state index contributed by atoms with van der Waals surface area (Å²) in [5.41, 5.74) is 1.56. The van der Waals surface area contributed by atoms with E-state index in [2.05, 4.69) is 26.9 Å². The molecule has 8 heteroatoms. The van der Waals surface area contributed by atoms with Gasteiger partial charge >= 0.3 is 0 Å². The highest BCUT2D eigenvalue weighted by atomic mass is 35.5. The van der Waals surface area contributed by atoms with E-state index in [4.69, 9.17) is 20.9 Å². The van der Waals surface area contributed by atoms with Crippen molar-refractivity contribution in [2.75, 3.05) is 25.0 Å². The Morgan fingerprint density at radius 2 is 2.16 bits per heavy atom. The van der Waals surface area contributed by atoms with Crippen LogP contribution in [0.1, 0.15) is 18.7 Å². The summed E-state index contributed by atoms with van der Waals surface area (Å²) in [6, 6.07) is 14.7. The highest BCUT2D eigenvalue weighted by molar-refractivity contribution is 6.30. The normalized spacial score (nSPS) is 16.5. The number of hydrogen-bond donors (Lipinski definition) is 1. The van der Waals surface area contributed by atoms with Crippen LogP contribution >= 0.6 is 11.6 Å². The first-order valence-electron chi connectivity index (χ1n) is 10.6. The second-order valence-corrected chi connectivity index (χ2v) is 8.15. The van der Waals surface area contributed by atoms with Gasteiger partial charge in [-0.3, -0.25) is 9.69 Å². The van der Waals surface area contributed by atoms with Crippen LogP contribution in [-0.2, 0) is 11.3 Å². The fraction of sp³-hybridized carbons (Fsp3) is 0.292. The Kier molecular flexibility index (Phi) is 7.19. The van der Waals surface area contributed by atoms with Gasteiger partial charge in [-0.2, -0.15) is 4.98 Å². The van der Waals surface area contributed by atoms with Crippen LogP contribution in [0, 0.1) is 5.92 Å². The number of halogens is 1. The molecule has 1 saturated heterocycles. The molecule has 1 aromatic heterocycles. The van der Waals surface area contributed by atoms with Crippen molar-refractivity contribution >= 4 is 23.2 Å². The van der Waals surface area contributed by atoms with E-state index in [1.54, 1.807) is 18.2 Å². The fourth-order valence-electron chi connectivity index (χ4n) is 3.70. The molecule has 32 heavy (non-hydrogen) atoms. The highest BCUT2D eigenvalue weighted by Crippen LogP contribution is 2.23. The summed E-state index contributed by atoms with van der Waals surface area (Å²) < 4.78 is 10.9. The topological polar surface area (TPSA) is 80.5 Å². The van der Waals surface area contributed by atoms with Crippen LogP contribution < -0.4 is 10.1 Å². The highest BCUT2D eigenvalue weighted by Gasteiger charge is 2.27. The molecule has 1 aliphatic heterocycles. The van der Waals surface area contributed by atoms with Gasteiger partial charge in [0.1, 0.15) is 12.4 Å². The largest absolute Gasteiger partial charge is 0.490 e. The zero-order valence-corrected chi connectivity index (χ0v) is 18.4. The van der Waals surface area contributed by atoms with Crippen molar-refractivity contribution in [2.45, 2.75) is 19.4 Å². The second kappa shape index (κ2) is 10.4. The van der Waals surface area contributed by atoms with E-state index in [1.807, 2.05) is 36.4 Å². The third kappa shape index (κ3) is 5.75. The van der Waals surface area contributed by atoms with Crippen molar-refractivity contribution in [1.82, 2.24) is 15.0 Å². The number of hydrogen-bond acceptors (Lipinski definition) is 6. The van der Waals surface area contributed by atoms with Crippen LogP contribution in [0.5, 0.6) is 5.75 Å². The lowest BCUT2D eigenvalue weighted by Gasteiger charge is -2.30. The van der Waals surface area contributed by atoms with Crippen LogP contribution in [0.15, 0.2) is 65.7 Å². The number of nitrogens with one attached hydrogen (secondary N) is 1. The Labute approximate surface area is 192 Å². The second-order valence-electron chi connectivity index (χ2n) is 7.71. The molecule has 166 valence electrons. The zero-order chi connectivity index (χ0) is 22.3. The molecule has 0 spiro atoms. The smallest absolute Gasteiger partial charge is 0.241 e. The minimum absolute atomic E-state index is 0.0135. The van der Waals surface area contributed by atoms with E-state index in [-0.39, 0.29) is 11.8 Å². The molecular formula is C24H25ClN4O3. The Hall–Kier alpha value is -3.16. The van der Waals surface area contributed by atoms with E-state index >= 15 is 0 Å². The first-order chi connectivity index (χ1) is 15.6. The molecule has 2 heterocycles. The van der Waals surface area contributed by atoms with Crippen molar-refractivity contribution in [3.63, 3.8) is 0 Å². The number of benzene rings is 2. The van der Waals surface area contributed by atoms with E-state index < -0.39 is 0 Å². The van der Waals surface area contributed by atoms with Crippen LogP contribution in [0.4, 0.5) is 5.69 Å². The molecule has 1 aliphatic rings. The summed E-state index contributed by atoms with van der Waals surface area (Å²) >= 11 is 6.05. The number of nitrogens with zero attached hydrogens (tertiary/aromatic N) is 3. The lowest BCUT2D eigenvalue weighted by molar-refractivity contribution is -0.121. The number of carbonyl (C=O) groups excluding carboxylic acids is 1. The molecule has 1 atom stereocenters. The molecule has 1 N–H and O–H groups in total. The van der Waals surface area contributed by atoms with Crippen LogP contribution in [-0.4, -0.2) is 40.6 Å². The van der Waals surface area contributed by atoms with Gasteiger partial charge in [-0.1, -0.05) is 41.5 Å². The van der Waals surface area contributed by atoms with Crippen LogP contribution in [0.2, 0.25) is 5.02 Å². The summed E-state index contributed by atoms with van der Waals surface area (Å²) in [5.74, 6) is 1.68. The Morgan fingerprint density at radius 1 is 1.31 bits per heavy atom. The van der Waals surface area contributed by atoms with E-state index in [9.17, 15) is 4.79 Å². The molecule has 7 nitrogen and oxygen atoms in total. The zero-order valence-electron chi connectivity index (χ0n) is 17.7. The van der Waals surface area contributed by atoms with E-state index in [0.29, 0.717) is 36.4 Å². The maximum Gasteiger partial charge on any atom is 0.241 e. The quantitative estimate of drug-likeness (QED) is 0.494. The molecule has 1 fully saturated rings. The third-order valence-electron chi connectivity index (χ3n) is 5.28. The Morgan fingerprint density at radius 3 is 2.94 bits per heavy atom. The summed E-state index contributed by atoms with van der Waals surface area (Å²) in [6.45, 7) is 6.11. The van der Waals surface area contributed by atoms with E-state index in [0.717, 1.165) is 36.4 Å². The number of aromatic nitrogens is 2. The maximum atomic E-state index is 12.8. The molecule has 0 radical (unpaired) electrons. The Balaban J connectivity index is 1.32. The lowest BCUT2D eigenvalue weighted by atomic mass is 9.97. The first-order valence-corrected chi connectivity index (χ1v) is 10.9. The third-order valence-corrected chi connectivity index (χ3v) is 5.51. The van der Waals surface area contributed by atoms with Gasteiger partial charge in [0, 0.05) is 22.8 Å². The van der Waals surface area contributed by atoms with Gasteiger partial charge in [0.05, 0.1) is 12.5 Å². The van der Waals surface area contributed by atoms with Gasteiger partial charge in [0.25, 0.3) is 0 Å². The molecule has 1 amide bonds. The average molecular weight is 453 g/mol. The van der Waals surface area contributed by atoms with Crippen LogP contribution in [0.3, 0.4) is 0 Å². The van der Waals surface area contributed by atoms with Gasteiger partial charge in [-0.05, 0) is 55.8 Å². The SMILES string of the molecule is C=CCOc1ccc(NC(=O)C2CCCN(Cc3nc(-c4cccc(Cl)c4)no3)C2)cc1. The summed E-state index contributed by atoms with van der Waals surface area (Å²) in [5, 5.41) is 7.69. The minimum atomic E-state index is -0.101.